The first-order chi connectivity index (χ1) is 22.3. The van der Waals surface area contributed by atoms with Gasteiger partial charge in [-0.2, -0.15) is 15.2 Å². The van der Waals surface area contributed by atoms with Crippen molar-refractivity contribution in [3.63, 3.8) is 0 Å². The Hall–Kier alpha value is -4.14. The van der Waals surface area contributed by atoms with E-state index < -0.39 is 17.5 Å². The third kappa shape index (κ3) is 4.90. The number of fused-ring (bicyclic) bond motifs is 5. The van der Waals surface area contributed by atoms with Crippen LogP contribution in [0.5, 0.6) is 11.8 Å². The molecule has 0 amide bonds. The van der Waals surface area contributed by atoms with Crippen LogP contribution in [0, 0.1) is 24.1 Å². The Morgan fingerprint density at radius 2 is 1.96 bits per heavy atom. The van der Waals surface area contributed by atoms with Crippen LogP contribution < -0.4 is 15.0 Å². The van der Waals surface area contributed by atoms with E-state index in [1.807, 2.05) is 25.1 Å². The van der Waals surface area contributed by atoms with Gasteiger partial charge in [0.2, 0.25) is 0 Å². The number of piperazine rings is 1. The molecular formula is C35H37F2N7O2. The highest BCUT2D eigenvalue weighted by molar-refractivity contribution is 6.02. The molecular weight excluding hydrogens is 588 g/mol. The molecule has 4 fully saturated rings. The van der Waals surface area contributed by atoms with Gasteiger partial charge >= 0.3 is 6.01 Å². The lowest BCUT2D eigenvalue weighted by Crippen LogP contribution is -2.51. The Bertz CT molecular complexity index is 1890. The number of anilines is 1. The molecule has 4 saturated heterocycles. The molecule has 0 radical (unpaired) electrons. The number of aromatic hydroxyl groups is 1. The van der Waals surface area contributed by atoms with Crippen LogP contribution in [0.4, 0.5) is 14.6 Å². The summed E-state index contributed by atoms with van der Waals surface area (Å²) >= 11 is 0. The summed E-state index contributed by atoms with van der Waals surface area (Å²) in [5.74, 6) is -0.0369. The summed E-state index contributed by atoms with van der Waals surface area (Å²) in [5.41, 5.74) is 1.66. The standard InChI is InChI=1S/C35H37F2N7O2/c1-20-28-32(30(37)31(39-20)27-14-26(45)13-22-6-2-5-21(29(22)27)7-3-11-38)41-34(42-33(28)43-17-24-8-9-25(18-43)40-24)46-19-35-10-4-12-44(35)16-23(36)15-35/h2,5-6,13-14,23-25,40,45H,3-4,7-10,12,15-19H2,1H3/t23-,24?,25?,35+/m1/s1. The van der Waals surface area contributed by atoms with Crippen molar-refractivity contribution in [1.29, 1.82) is 5.26 Å². The van der Waals surface area contributed by atoms with Gasteiger partial charge in [0, 0.05) is 50.1 Å². The molecule has 4 aromatic rings. The Labute approximate surface area is 266 Å². The molecule has 46 heavy (non-hydrogen) atoms. The molecule has 4 aliphatic rings. The number of aryl methyl sites for hydroxylation is 2. The van der Waals surface area contributed by atoms with Crippen LogP contribution >= 0.6 is 0 Å². The Morgan fingerprint density at radius 3 is 2.76 bits per heavy atom. The molecule has 2 N–H and O–H groups in total. The number of aromatic nitrogens is 3. The van der Waals surface area contributed by atoms with Crippen LogP contribution in [0.15, 0.2) is 30.3 Å². The molecule has 2 bridgehead atoms. The van der Waals surface area contributed by atoms with E-state index in [1.54, 1.807) is 6.07 Å². The first-order valence-electron chi connectivity index (χ1n) is 16.3. The topological polar surface area (TPSA) is 110 Å². The minimum atomic E-state index is -0.891. The molecule has 0 spiro atoms. The van der Waals surface area contributed by atoms with Gasteiger partial charge in [-0.1, -0.05) is 18.2 Å². The lowest BCUT2D eigenvalue weighted by Gasteiger charge is -2.35. The number of alkyl halides is 1. The van der Waals surface area contributed by atoms with Crippen molar-refractivity contribution >= 4 is 27.5 Å². The van der Waals surface area contributed by atoms with Gasteiger partial charge in [0.1, 0.15) is 35.6 Å². The summed E-state index contributed by atoms with van der Waals surface area (Å²) in [6, 6.07) is 11.7. The van der Waals surface area contributed by atoms with Gasteiger partial charge in [-0.3, -0.25) is 4.90 Å². The molecule has 2 unspecified atom stereocenters. The van der Waals surface area contributed by atoms with Gasteiger partial charge in [0.05, 0.1) is 22.7 Å². The van der Waals surface area contributed by atoms with Crippen LogP contribution in [0.3, 0.4) is 0 Å². The Balaban J connectivity index is 1.29. The number of benzene rings is 2. The fraction of sp³-hybridized carbons (Fsp3) is 0.486. The highest BCUT2D eigenvalue weighted by atomic mass is 19.1. The minimum Gasteiger partial charge on any atom is -0.508 e. The number of nitrogens with zero attached hydrogens (tertiary/aromatic N) is 6. The summed E-state index contributed by atoms with van der Waals surface area (Å²) < 4.78 is 37.9. The number of pyridine rings is 1. The van der Waals surface area contributed by atoms with Gasteiger partial charge in [-0.15, -0.1) is 0 Å². The smallest absolute Gasteiger partial charge is 0.319 e. The molecule has 8 rings (SSSR count). The average Bonchev–Trinajstić information content (AvgIpc) is 3.69. The molecule has 11 heteroatoms. The number of nitrogens with one attached hydrogen (secondary N) is 1. The average molecular weight is 626 g/mol. The van der Waals surface area contributed by atoms with Gasteiger partial charge in [-0.25, -0.2) is 13.8 Å². The predicted molar refractivity (Wildman–Crippen MR) is 171 cm³/mol. The maximum Gasteiger partial charge on any atom is 0.319 e. The van der Waals surface area contributed by atoms with Crippen LogP contribution in [-0.2, 0) is 6.42 Å². The number of hydrogen-bond donors (Lipinski definition) is 2. The fourth-order valence-corrected chi connectivity index (χ4v) is 8.47. The van der Waals surface area contributed by atoms with Gasteiger partial charge < -0.3 is 20.1 Å². The summed E-state index contributed by atoms with van der Waals surface area (Å²) in [7, 11) is 0. The number of phenols is 1. The molecule has 0 saturated carbocycles. The van der Waals surface area contributed by atoms with Crippen LogP contribution in [0.25, 0.3) is 32.9 Å². The molecule has 6 heterocycles. The zero-order valence-corrected chi connectivity index (χ0v) is 25.9. The second-order valence-electron chi connectivity index (χ2n) is 13.5. The van der Waals surface area contributed by atoms with Crippen LogP contribution in [0.2, 0.25) is 0 Å². The SMILES string of the molecule is Cc1nc(-c2cc(O)cc3cccc(CCC#N)c23)c(F)c2nc(OC[C@@]34CCCN3C[C@H](F)C4)nc(N3CC4CCC(C3)N4)c12. The van der Waals surface area contributed by atoms with Crippen molar-refractivity contribution in [1.82, 2.24) is 25.2 Å². The van der Waals surface area contributed by atoms with Crippen LogP contribution in [0.1, 0.15) is 49.8 Å². The second kappa shape index (κ2) is 11.3. The van der Waals surface area contributed by atoms with E-state index in [-0.39, 0.29) is 29.6 Å². The number of halogens is 2. The molecule has 2 aromatic carbocycles. The highest BCUT2D eigenvalue weighted by Gasteiger charge is 2.49. The molecule has 9 nitrogen and oxygen atoms in total. The Morgan fingerprint density at radius 1 is 1.13 bits per heavy atom. The van der Waals surface area contributed by atoms with Crippen molar-refractivity contribution in [3.05, 3.63) is 47.4 Å². The maximum absolute atomic E-state index is 17.0. The zero-order chi connectivity index (χ0) is 31.6. The fourth-order valence-electron chi connectivity index (χ4n) is 8.47. The van der Waals surface area contributed by atoms with Crippen molar-refractivity contribution in [2.24, 2.45) is 0 Å². The molecule has 4 aliphatic heterocycles. The minimum absolute atomic E-state index is 0.00863. The third-order valence-electron chi connectivity index (χ3n) is 10.5. The monoisotopic (exact) mass is 625 g/mol. The quantitative estimate of drug-likeness (QED) is 0.281. The Kier molecular flexibility index (Phi) is 7.18. The number of rotatable bonds is 7. The predicted octanol–water partition coefficient (Wildman–Crippen LogP) is 5.35. The summed E-state index contributed by atoms with van der Waals surface area (Å²) in [6.07, 6.45) is 4.28. The van der Waals surface area contributed by atoms with E-state index in [0.29, 0.717) is 60.4 Å². The van der Waals surface area contributed by atoms with Gasteiger partial charge in [-0.05, 0) is 74.0 Å². The van der Waals surface area contributed by atoms with E-state index in [1.165, 1.54) is 6.07 Å². The highest BCUT2D eigenvalue weighted by Crippen LogP contribution is 2.42. The van der Waals surface area contributed by atoms with Crippen molar-refractivity contribution in [2.75, 3.05) is 37.7 Å². The van der Waals surface area contributed by atoms with Crippen molar-refractivity contribution in [3.8, 4) is 29.1 Å². The number of phenolic OH excluding ortho intramolecular Hbond substituents is 1. The van der Waals surface area contributed by atoms with Gasteiger partial charge in [0.25, 0.3) is 0 Å². The summed E-state index contributed by atoms with van der Waals surface area (Å²) in [6.45, 7) is 4.79. The van der Waals surface area contributed by atoms with Crippen LogP contribution in [-0.4, -0.2) is 81.5 Å². The van der Waals surface area contributed by atoms with E-state index in [4.69, 9.17) is 14.7 Å². The first-order valence-corrected chi connectivity index (χ1v) is 16.3. The largest absolute Gasteiger partial charge is 0.508 e. The number of ether oxygens (including phenoxy) is 1. The normalized spacial score (nSPS) is 25.8. The summed E-state index contributed by atoms with van der Waals surface area (Å²) in [4.78, 5) is 18.8. The zero-order valence-electron chi connectivity index (χ0n) is 25.9. The van der Waals surface area contributed by atoms with Crippen molar-refractivity contribution < 1.29 is 18.6 Å². The molecule has 4 atom stereocenters. The molecule has 2 aromatic heterocycles. The summed E-state index contributed by atoms with van der Waals surface area (Å²) in [5, 5.41) is 25.6. The lowest BCUT2D eigenvalue weighted by molar-refractivity contribution is 0.107. The molecule has 238 valence electrons. The lowest BCUT2D eigenvalue weighted by atomic mass is 9.94. The number of nitriles is 1. The van der Waals surface area contributed by atoms with E-state index in [9.17, 15) is 14.8 Å². The maximum atomic E-state index is 17.0. The van der Waals surface area contributed by atoms with Gasteiger partial charge in [0.15, 0.2) is 5.82 Å². The second-order valence-corrected chi connectivity index (χ2v) is 13.5. The van der Waals surface area contributed by atoms with E-state index in [2.05, 4.69) is 26.2 Å². The number of hydrogen-bond acceptors (Lipinski definition) is 9. The first kappa shape index (κ1) is 29.3. The van der Waals surface area contributed by atoms with Crippen molar-refractivity contribution in [2.45, 2.75) is 75.7 Å². The third-order valence-corrected chi connectivity index (χ3v) is 10.5. The molecule has 0 aliphatic carbocycles. The van der Waals surface area contributed by atoms with E-state index in [0.717, 1.165) is 61.7 Å². The van der Waals surface area contributed by atoms with E-state index >= 15 is 4.39 Å².